The monoisotopic (exact) mass is 237 g/mol. The molecule has 2 rings (SSSR count). The van der Waals surface area contributed by atoms with Crippen LogP contribution in [0.5, 0.6) is 0 Å². The van der Waals surface area contributed by atoms with Crippen LogP contribution >= 0.6 is 0 Å². The van der Waals surface area contributed by atoms with Crippen LogP contribution in [0.4, 0.5) is 4.79 Å². The van der Waals surface area contributed by atoms with Crippen molar-refractivity contribution in [2.24, 2.45) is 5.73 Å². The zero-order valence-corrected chi connectivity index (χ0v) is 10.5. The van der Waals surface area contributed by atoms with Gasteiger partial charge in [-0.2, -0.15) is 0 Å². The SMILES string of the molecule is CC(C)(C)OC(=O)N1Cc2cc(CN)[nH]c2C1. The van der Waals surface area contributed by atoms with Crippen molar-refractivity contribution in [1.82, 2.24) is 9.88 Å². The van der Waals surface area contributed by atoms with E-state index in [4.69, 9.17) is 10.5 Å². The van der Waals surface area contributed by atoms with E-state index in [-0.39, 0.29) is 6.09 Å². The second kappa shape index (κ2) is 4.07. The van der Waals surface area contributed by atoms with E-state index < -0.39 is 5.60 Å². The largest absolute Gasteiger partial charge is 0.444 e. The maximum Gasteiger partial charge on any atom is 0.410 e. The summed E-state index contributed by atoms with van der Waals surface area (Å²) < 4.78 is 5.33. The second-order valence-corrected chi connectivity index (χ2v) is 5.34. The molecule has 94 valence electrons. The van der Waals surface area contributed by atoms with Gasteiger partial charge in [0.25, 0.3) is 0 Å². The summed E-state index contributed by atoms with van der Waals surface area (Å²) in [7, 11) is 0. The van der Waals surface area contributed by atoms with E-state index >= 15 is 0 Å². The molecule has 0 spiro atoms. The van der Waals surface area contributed by atoms with E-state index in [1.54, 1.807) is 4.90 Å². The molecule has 0 fully saturated rings. The van der Waals surface area contributed by atoms with Gasteiger partial charge in [-0.1, -0.05) is 0 Å². The maximum absolute atomic E-state index is 11.8. The van der Waals surface area contributed by atoms with Gasteiger partial charge in [0.05, 0.1) is 13.1 Å². The van der Waals surface area contributed by atoms with Gasteiger partial charge in [0.15, 0.2) is 0 Å². The lowest BCUT2D eigenvalue weighted by Crippen LogP contribution is -2.33. The molecule has 0 aromatic carbocycles. The Morgan fingerprint density at radius 1 is 1.53 bits per heavy atom. The van der Waals surface area contributed by atoms with Gasteiger partial charge in [0, 0.05) is 17.9 Å². The lowest BCUT2D eigenvalue weighted by atomic mass is 10.2. The van der Waals surface area contributed by atoms with Crippen LogP contribution in [-0.4, -0.2) is 21.6 Å². The van der Waals surface area contributed by atoms with E-state index in [2.05, 4.69) is 4.98 Å². The number of nitrogens with zero attached hydrogens (tertiary/aromatic N) is 1. The first-order valence-corrected chi connectivity index (χ1v) is 5.76. The molecule has 3 N–H and O–H groups in total. The van der Waals surface area contributed by atoms with E-state index in [9.17, 15) is 4.79 Å². The minimum absolute atomic E-state index is 0.267. The summed E-state index contributed by atoms with van der Waals surface area (Å²) in [5, 5.41) is 0. The molecule has 5 nitrogen and oxygen atoms in total. The number of H-pyrrole nitrogens is 1. The number of nitrogens with one attached hydrogen (secondary N) is 1. The number of aromatic amines is 1. The Labute approximate surface area is 101 Å². The number of ether oxygens (including phenoxy) is 1. The molecular formula is C12H19N3O2. The lowest BCUT2D eigenvalue weighted by Gasteiger charge is -2.24. The number of hydrogen-bond donors (Lipinski definition) is 2. The summed E-state index contributed by atoms with van der Waals surface area (Å²) >= 11 is 0. The third kappa shape index (κ3) is 2.61. The van der Waals surface area contributed by atoms with Crippen LogP contribution in [-0.2, 0) is 24.4 Å². The summed E-state index contributed by atoms with van der Waals surface area (Å²) in [6, 6.07) is 2.01. The fraction of sp³-hybridized carbons (Fsp3) is 0.583. The third-order valence-corrected chi connectivity index (χ3v) is 2.63. The molecule has 1 aromatic heterocycles. The average molecular weight is 237 g/mol. The van der Waals surface area contributed by atoms with Gasteiger partial charge in [-0.25, -0.2) is 4.79 Å². The summed E-state index contributed by atoms with van der Waals surface area (Å²) in [4.78, 5) is 16.8. The van der Waals surface area contributed by atoms with Crippen LogP contribution in [0.1, 0.15) is 37.7 Å². The van der Waals surface area contributed by atoms with Gasteiger partial charge in [0.1, 0.15) is 5.60 Å². The summed E-state index contributed by atoms with van der Waals surface area (Å²) in [5.41, 5.74) is 8.32. The minimum atomic E-state index is -0.449. The first-order valence-electron chi connectivity index (χ1n) is 5.76. The second-order valence-electron chi connectivity index (χ2n) is 5.34. The standard InChI is InChI=1S/C12H19N3O2/c1-12(2,3)17-11(16)15-6-8-4-9(5-13)14-10(8)7-15/h4,14H,5-7,13H2,1-3H3. The number of carbonyl (C=O) groups is 1. The Balaban J connectivity index is 2.00. The molecule has 0 saturated carbocycles. The van der Waals surface area contributed by atoms with Crippen LogP contribution in [0.25, 0.3) is 0 Å². The topological polar surface area (TPSA) is 71.3 Å². The lowest BCUT2D eigenvalue weighted by molar-refractivity contribution is 0.0240. The molecule has 1 aromatic rings. The Morgan fingerprint density at radius 3 is 2.76 bits per heavy atom. The highest BCUT2D eigenvalue weighted by atomic mass is 16.6. The van der Waals surface area contributed by atoms with E-state index in [0.29, 0.717) is 19.6 Å². The van der Waals surface area contributed by atoms with Gasteiger partial charge in [-0.05, 0) is 32.4 Å². The van der Waals surface area contributed by atoms with E-state index in [1.165, 1.54) is 0 Å². The predicted molar refractivity (Wildman–Crippen MR) is 64.2 cm³/mol. The normalized spacial score (nSPS) is 14.9. The van der Waals surface area contributed by atoms with Gasteiger partial charge in [0.2, 0.25) is 0 Å². The van der Waals surface area contributed by atoms with Crippen LogP contribution in [0.3, 0.4) is 0 Å². The molecule has 0 saturated heterocycles. The fourth-order valence-corrected chi connectivity index (χ4v) is 1.91. The highest BCUT2D eigenvalue weighted by molar-refractivity contribution is 5.69. The molecular weight excluding hydrogens is 218 g/mol. The smallest absolute Gasteiger partial charge is 0.410 e. The first kappa shape index (κ1) is 12.0. The Morgan fingerprint density at radius 2 is 2.24 bits per heavy atom. The summed E-state index contributed by atoms with van der Waals surface area (Å²) in [6.45, 7) is 7.27. The molecule has 5 heteroatoms. The fourth-order valence-electron chi connectivity index (χ4n) is 1.91. The number of fused-ring (bicyclic) bond motifs is 1. The van der Waals surface area contributed by atoms with Crippen LogP contribution in [0.2, 0.25) is 0 Å². The average Bonchev–Trinajstić information content (AvgIpc) is 2.70. The van der Waals surface area contributed by atoms with Crippen molar-refractivity contribution in [3.8, 4) is 0 Å². The van der Waals surface area contributed by atoms with Crippen LogP contribution in [0.15, 0.2) is 6.07 Å². The van der Waals surface area contributed by atoms with E-state index in [1.807, 2.05) is 26.8 Å². The number of aromatic nitrogens is 1. The molecule has 1 aliphatic heterocycles. The number of nitrogens with two attached hydrogens (primary N) is 1. The Hall–Kier alpha value is -1.49. The zero-order valence-electron chi connectivity index (χ0n) is 10.5. The number of hydrogen-bond acceptors (Lipinski definition) is 3. The molecule has 1 amide bonds. The number of rotatable bonds is 1. The maximum atomic E-state index is 11.8. The minimum Gasteiger partial charge on any atom is -0.444 e. The zero-order chi connectivity index (χ0) is 12.6. The molecule has 0 bridgehead atoms. The summed E-state index contributed by atoms with van der Waals surface area (Å²) in [6.07, 6.45) is -0.267. The predicted octanol–water partition coefficient (Wildman–Crippen LogP) is 1.72. The van der Waals surface area contributed by atoms with Crippen molar-refractivity contribution < 1.29 is 9.53 Å². The summed E-state index contributed by atoms with van der Waals surface area (Å²) in [5.74, 6) is 0. The number of carbonyl (C=O) groups excluding carboxylic acids is 1. The van der Waals surface area contributed by atoms with Crippen molar-refractivity contribution in [3.05, 3.63) is 23.0 Å². The van der Waals surface area contributed by atoms with Crippen molar-refractivity contribution in [3.63, 3.8) is 0 Å². The van der Waals surface area contributed by atoms with Crippen molar-refractivity contribution >= 4 is 6.09 Å². The highest BCUT2D eigenvalue weighted by Crippen LogP contribution is 2.24. The molecule has 0 atom stereocenters. The Bertz CT molecular complexity index is 408. The first-order chi connectivity index (χ1) is 7.89. The van der Waals surface area contributed by atoms with E-state index in [0.717, 1.165) is 17.0 Å². The van der Waals surface area contributed by atoms with Crippen LogP contribution in [0, 0.1) is 0 Å². The van der Waals surface area contributed by atoms with Crippen molar-refractivity contribution in [2.75, 3.05) is 0 Å². The highest BCUT2D eigenvalue weighted by Gasteiger charge is 2.28. The van der Waals surface area contributed by atoms with Gasteiger partial charge < -0.3 is 15.5 Å². The van der Waals surface area contributed by atoms with Crippen LogP contribution < -0.4 is 5.73 Å². The van der Waals surface area contributed by atoms with Crippen molar-refractivity contribution in [1.29, 1.82) is 0 Å². The molecule has 17 heavy (non-hydrogen) atoms. The molecule has 0 aliphatic carbocycles. The van der Waals surface area contributed by atoms with Crippen molar-refractivity contribution in [2.45, 2.75) is 46.0 Å². The number of amides is 1. The molecule has 0 unspecified atom stereocenters. The molecule has 0 radical (unpaired) electrons. The quantitative estimate of drug-likeness (QED) is 0.781. The van der Waals surface area contributed by atoms with Gasteiger partial charge >= 0.3 is 6.09 Å². The third-order valence-electron chi connectivity index (χ3n) is 2.63. The molecule has 1 aliphatic rings. The van der Waals surface area contributed by atoms with Gasteiger partial charge in [-0.15, -0.1) is 0 Å². The van der Waals surface area contributed by atoms with Gasteiger partial charge in [-0.3, -0.25) is 4.90 Å². The molecule has 2 heterocycles. The Kier molecular flexibility index (Phi) is 2.87.